The second-order valence-corrected chi connectivity index (χ2v) is 8.77. The van der Waals surface area contributed by atoms with Crippen molar-refractivity contribution < 1.29 is 14.3 Å². The van der Waals surface area contributed by atoms with Gasteiger partial charge >= 0.3 is 6.09 Å². The molecule has 1 amide bonds. The van der Waals surface area contributed by atoms with Gasteiger partial charge in [-0.05, 0) is 51.6 Å². The zero-order valence-corrected chi connectivity index (χ0v) is 20.2. The number of hydrogen-bond acceptors (Lipinski definition) is 5. The van der Waals surface area contributed by atoms with E-state index in [-0.39, 0.29) is 12.1 Å². The molecule has 0 saturated carbocycles. The molecule has 178 valence electrons. The number of nitrogens with zero attached hydrogens (tertiary/aromatic N) is 1. The number of nitrogens with one attached hydrogen (secondary N) is 2. The molecule has 0 aromatic heterocycles. The molecular weight excluding hydrogens is 414 g/mol. The number of ether oxygens (including phenoxy) is 2. The lowest BCUT2D eigenvalue weighted by atomic mass is 9.68. The highest BCUT2D eigenvalue weighted by atomic mass is 16.6. The second kappa shape index (κ2) is 12.0. The van der Waals surface area contributed by atoms with Gasteiger partial charge in [0.25, 0.3) is 0 Å². The van der Waals surface area contributed by atoms with Gasteiger partial charge in [0.2, 0.25) is 0 Å². The molecule has 2 aromatic rings. The average Bonchev–Trinajstić information content (AvgIpc) is 2.86. The summed E-state index contributed by atoms with van der Waals surface area (Å²) in [5, 5.41) is 6.17. The molecule has 6 heteroatoms. The summed E-state index contributed by atoms with van der Waals surface area (Å²) in [6.07, 6.45) is 2.14. The average molecular weight is 452 g/mol. The standard InChI is InChI=1S/C27H37N3O3/c1-5-25(33-26(31)29-20-24-19-28-16-17-32-24)27(18-21(2)30(3)4,22-12-8-6-9-13-22)23-14-10-7-11-15-23/h5-15,21,24,28H,16-20H2,1-4H3,(H,29,31)/b25-5-. The molecule has 2 unspecified atom stereocenters. The lowest BCUT2D eigenvalue weighted by molar-refractivity contribution is 0.0288. The summed E-state index contributed by atoms with van der Waals surface area (Å²) in [4.78, 5) is 15.1. The van der Waals surface area contributed by atoms with Crippen molar-refractivity contribution in [3.63, 3.8) is 0 Å². The molecule has 3 rings (SSSR count). The van der Waals surface area contributed by atoms with Gasteiger partial charge < -0.3 is 25.0 Å². The van der Waals surface area contributed by atoms with Gasteiger partial charge in [0.15, 0.2) is 0 Å². The monoisotopic (exact) mass is 451 g/mol. The topological polar surface area (TPSA) is 62.8 Å². The Morgan fingerprint density at radius 1 is 1.18 bits per heavy atom. The number of morpholine rings is 1. The Kier molecular flexibility index (Phi) is 9.06. The number of allylic oxidation sites excluding steroid dienone is 2. The molecule has 33 heavy (non-hydrogen) atoms. The van der Waals surface area contributed by atoms with Gasteiger partial charge in [0.1, 0.15) is 5.76 Å². The molecule has 6 nitrogen and oxygen atoms in total. The molecule has 0 aliphatic carbocycles. The predicted molar refractivity (Wildman–Crippen MR) is 132 cm³/mol. The molecule has 2 N–H and O–H groups in total. The third kappa shape index (κ3) is 6.22. The van der Waals surface area contributed by atoms with Crippen LogP contribution in [0.5, 0.6) is 0 Å². The molecule has 0 spiro atoms. The van der Waals surface area contributed by atoms with Gasteiger partial charge in [0.05, 0.1) is 18.1 Å². The van der Waals surface area contributed by atoms with E-state index >= 15 is 0 Å². The number of hydrogen-bond donors (Lipinski definition) is 2. The molecule has 2 aromatic carbocycles. The summed E-state index contributed by atoms with van der Waals surface area (Å²) >= 11 is 0. The van der Waals surface area contributed by atoms with E-state index in [1.54, 1.807) is 0 Å². The Labute approximate surface area is 198 Å². The predicted octanol–water partition coefficient (Wildman–Crippen LogP) is 3.93. The van der Waals surface area contributed by atoms with Crippen LogP contribution in [0.1, 0.15) is 31.4 Å². The van der Waals surface area contributed by atoms with E-state index in [9.17, 15) is 4.79 Å². The molecule has 0 bridgehead atoms. The summed E-state index contributed by atoms with van der Waals surface area (Å²) in [6.45, 7) is 6.73. The van der Waals surface area contributed by atoms with Crippen LogP contribution in [0.3, 0.4) is 0 Å². The zero-order chi connectivity index (χ0) is 23.7. The van der Waals surface area contributed by atoms with Crippen molar-refractivity contribution in [2.75, 3.05) is 40.3 Å². The van der Waals surface area contributed by atoms with Crippen LogP contribution < -0.4 is 10.6 Å². The van der Waals surface area contributed by atoms with E-state index in [1.165, 1.54) is 0 Å². The van der Waals surface area contributed by atoms with Gasteiger partial charge in [-0.15, -0.1) is 0 Å². The number of rotatable bonds is 9. The summed E-state index contributed by atoms with van der Waals surface area (Å²) < 4.78 is 11.8. The second-order valence-electron chi connectivity index (χ2n) is 8.77. The lowest BCUT2D eigenvalue weighted by Crippen LogP contribution is -2.46. The van der Waals surface area contributed by atoms with Crippen molar-refractivity contribution in [2.24, 2.45) is 0 Å². The van der Waals surface area contributed by atoms with E-state index < -0.39 is 11.5 Å². The number of alkyl carbamates (subject to hydrolysis) is 1. The van der Waals surface area contributed by atoms with Crippen LogP contribution in [0, 0.1) is 0 Å². The highest BCUT2D eigenvalue weighted by molar-refractivity contribution is 5.69. The quantitative estimate of drug-likeness (QED) is 0.566. The van der Waals surface area contributed by atoms with E-state index in [0.29, 0.717) is 18.9 Å². The first-order valence-electron chi connectivity index (χ1n) is 11.7. The molecule has 1 heterocycles. The zero-order valence-electron chi connectivity index (χ0n) is 20.2. The highest BCUT2D eigenvalue weighted by Gasteiger charge is 2.42. The van der Waals surface area contributed by atoms with E-state index in [1.807, 2.05) is 49.4 Å². The number of carbonyl (C=O) groups is 1. The van der Waals surface area contributed by atoms with Crippen LogP contribution >= 0.6 is 0 Å². The first-order chi connectivity index (χ1) is 16.0. The molecule has 1 fully saturated rings. The van der Waals surface area contributed by atoms with E-state index in [2.05, 4.69) is 60.8 Å². The van der Waals surface area contributed by atoms with Crippen molar-refractivity contribution in [1.29, 1.82) is 0 Å². The van der Waals surface area contributed by atoms with Crippen LogP contribution in [0.2, 0.25) is 0 Å². The molecule has 1 aliphatic rings. The lowest BCUT2D eigenvalue weighted by Gasteiger charge is -2.40. The van der Waals surface area contributed by atoms with Crippen LogP contribution in [0.15, 0.2) is 72.5 Å². The number of benzene rings is 2. The molecule has 2 atom stereocenters. The smallest absolute Gasteiger partial charge is 0.412 e. The molecule has 1 aliphatic heterocycles. The van der Waals surface area contributed by atoms with Crippen molar-refractivity contribution in [3.8, 4) is 0 Å². The Morgan fingerprint density at radius 2 is 1.79 bits per heavy atom. The van der Waals surface area contributed by atoms with Crippen LogP contribution in [-0.2, 0) is 14.9 Å². The summed E-state index contributed by atoms with van der Waals surface area (Å²) in [5.41, 5.74) is 1.55. The van der Waals surface area contributed by atoms with Gasteiger partial charge in [-0.1, -0.05) is 60.7 Å². The first kappa shape index (κ1) is 25.0. The summed E-state index contributed by atoms with van der Waals surface area (Å²) in [7, 11) is 4.15. The molecule has 1 saturated heterocycles. The van der Waals surface area contributed by atoms with Crippen molar-refractivity contribution >= 4 is 6.09 Å². The Hall–Kier alpha value is -2.67. The maximum absolute atomic E-state index is 12.9. The van der Waals surface area contributed by atoms with Crippen LogP contribution in [-0.4, -0.2) is 63.5 Å². The van der Waals surface area contributed by atoms with Crippen molar-refractivity contribution in [2.45, 2.75) is 37.8 Å². The van der Waals surface area contributed by atoms with Crippen molar-refractivity contribution in [1.82, 2.24) is 15.5 Å². The van der Waals surface area contributed by atoms with Crippen LogP contribution in [0.25, 0.3) is 0 Å². The first-order valence-corrected chi connectivity index (χ1v) is 11.7. The Morgan fingerprint density at radius 3 is 2.27 bits per heavy atom. The van der Waals surface area contributed by atoms with Crippen LogP contribution in [0.4, 0.5) is 4.79 Å². The highest BCUT2D eigenvalue weighted by Crippen LogP contribution is 2.44. The SMILES string of the molecule is C/C=C(\OC(=O)NCC1CNCCO1)C(CC(C)N(C)C)(c1ccccc1)c1ccccc1. The van der Waals surface area contributed by atoms with Crippen molar-refractivity contribution in [3.05, 3.63) is 83.6 Å². The normalized spacial score (nSPS) is 18.1. The van der Waals surface area contributed by atoms with Gasteiger partial charge in [-0.3, -0.25) is 0 Å². The van der Waals surface area contributed by atoms with Gasteiger partial charge in [-0.25, -0.2) is 4.79 Å². The number of carbonyl (C=O) groups excluding carboxylic acids is 1. The summed E-state index contributed by atoms with van der Waals surface area (Å²) in [6, 6.07) is 20.8. The van der Waals surface area contributed by atoms with E-state index in [4.69, 9.17) is 9.47 Å². The molecular formula is C27H37N3O3. The third-order valence-electron chi connectivity index (χ3n) is 6.38. The Bertz CT molecular complexity index is 854. The minimum Gasteiger partial charge on any atom is -0.414 e. The fourth-order valence-electron chi connectivity index (χ4n) is 4.33. The third-order valence-corrected chi connectivity index (χ3v) is 6.38. The summed E-state index contributed by atoms with van der Waals surface area (Å²) in [5.74, 6) is 0.619. The largest absolute Gasteiger partial charge is 0.414 e. The Balaban J connectivity index is 1.96. The maximum Gasteiger partial charge on any atom is 0.412 e. The minimum absolute atomic E-state index is 0.0536. The van der Waals surface area contributed by atoms with Gasteiger partial charge in [0, 0.05) is 25.7 Å². The molecule has 0 radical (unpaired) electrons. The van der Waals surface area contributed by atoms with E-state index in [0.717, 1.165) is 30.6 Å². The fourth-order valence-corrected chi connectivity index (χ4v) is 4.33. The fraction of sp³-hybridized carbons (Fsp3) is 0.444. The maximum atomic E-state index is 12.9. The van der Waals surface area contributed by atoms with Gasteiger partial charge in [-0.2, -0.15) is 0 Å². The number of amides is 1. The minimum atomic E-state index is -0.624.